The van der Waals surface area contributed by atoms with Gasteiger partial charge in [-0.15, -0.1) is 0 Å². The molecule has 0 saturated heterocycles. The SMILES string of the molecule is CC(C)(C)c1ccc2c(c1)c1cc(C(C)(C)C)ccc1n2-c1cccc(-c2ccc3c(c2)N(c2c(-c4ccccc4)cccc2-c2ccccc2)c2cc(-c4ccccc4)cc4c2B3c2ccc(-n3c5ccc(C(C)(C)C)cc5c5cc(C(C)(C)C)ccc53)cc2N4c2c(-c3ccccc3)cccc2-c2ccccc2)c1. The molecule has 0 aliphatic carbocycles. The zero-order valence-electron chi connectivity index (χ0n) is 65.6. The molecule has 2 aromatic heterocycles. The maximum atomic E-state index is 2.70. The molecule has 2 aliphatic heterocycles. The van der Waals surface area contributed by atoms with Gasteiger partial charge in [0.25, 0.3) is 6.71 Å². The Bertz CT molecular complexity index is 6280. The van der Waals surface area contributed by atoms with Crippen LogP contribution in [0.4, 0.5) is 34.1 Å². The van der Waals surface area contributed by atoms with E-state index >= 15 is 0 Å². The van der Waals surface area contributed by atoms with Crippen LogP contribution in [0.5, 0.6) is 0 Å². The van der Waals surface area contributed by atoms with Gasteiger partial charge in [-0.3, -0.25) is 0 Å². The van der Waals surface area contributed by atoms with Crippen molar-refractivity contribution in [1.82, 2.24) is 9.13 Å². The topological polar surface area (TPSA) is 16.3 Å². The highest BCUT2D eigenvalue weighted by Crippen LogP contribution is 2.55. The van der Waals surface area contributed by atoms with Gasteiger partial charge in [-0.25, -0.2) is 0 Å². The van der Waals surface area contributed by atoms with Crippen LogP contribution in [0.25, 0.3) is 122 Å². The minimum absolute atomic E-state index is 0.0254. The molecular formula is C106H91BN4. The van der Waals surface area contributed by atoms with Crippen LogP contribution >= 0.6 is 0 Å². The summed E-state index contributed by atoms with van der Waals surface area (Å²) in [7, 11) is 0. The Balaban J connectivity index is 0.938. The van der Waals surface area contributed by atoms with Crippen LogP contribution in [0.15, 0.2) is 334 Å². The first-order valence-corrected chi connectivity index (χ1v) is 39.5. The Morgan fingerprint density at radius 3 is 0.874 bits per heavy atom. The molecule has 15 aromatic carbocycles. The number of anilines is 6. The van der Waals surface area contributed by atoms with E-state index in [1.807, 2.05) is 0 Å². The van der Waals surface area contributed by atoms with Crippen molar-refractivity contribution in [2.75, 3.05) is 9.80 Å². The van der Waals surface area contributed by atoms with Crippen molar-refractivity contribution in [3.63, 3.8) is 0 Å². The van der Waals surface area contributed by atoms with Gasteiger partial charge in [0.1, 0.15) is 0 Å². The minimum atomic E-state index is -0.254. The van der Waals surface area contributed by atoms with Gasteiger partial charge >= 0.3 is 0 Å². The maximum absolute atomic E-state index is 2.70. The first-order chi connectivity index (χ1) is 53.6. The van der Waals surface area contributed by atoms with Crippen LogP contribution in [0.3, 0.4) is 0 Å². The van der Waals surface area contributed by atoms with E-state index < -0.39 is 0 Å². The van der Waals surface area contributed by atoms with Gasteiger partial charge in [-0.05, 0) is 196 Å². The van der Waals surface area contributed by atoms with Crippen molar-refractivity contribution in [3.05, 3.63) is 356 Å². The van der Waals surface area contributed by atoms with Crippen molar-refractivity contribution >= 4 is 101 Å². The molecule has 0 bridgehead atoms. The van der Waals surface area contributed by atoms with Crippen LogP contribution < -0.4 is 26.2 Å². The first-order valence-electron chi connectivity index (χ1n) is 39.5. The highest BCUT2D eigenvalue weighted by Gasteiger charge is 2.46. The predicted octanol–water partition coefficient (Wildman–Crippen LogP) is 27.2. The molecule has 0 unspecified atom stereocenters. The molecule has 0 amide bonds. The molecule has 0 spiro atoms. The Kier molecular flexibility index (Phi) is 16.3. The molecule has 5 heteroatoms. The molecule has 2 aliphatic rings. The second-order valence-electron chi connectivity index (χ2n) is 34.9. The molecule has 4 heterocycles. The summed E-state index contributed by atoms with van der Waals surface area (Å²) in [5, 5.41) is 5.06. The van der Waals surface area contributed by atoms with Crippen LogP contribution in [0.1, 0.15) is 105 Å². The van der Waals surface area contributed by atoms with E-state index in [4.69, 9.17) is 0 Å². The lowest BCUT2D eigenvalue weighted by atomic mass is 9.33. The zero-order valence-corrected chi connectivity index (χ0v) is 65.6. The summed E-state index contributed by atoms with van der Waals surface area (Å²) in [6.07, 6.45) is 0. The van der Waals surface area contributed by atoms with E-state index in [2.05, 4.69) is 436 Å². The summed E-state index contributed by atoms with van der Waals surface area (Å²) in [6, 6.07) is 127. The number of aromatic nitrogens is 2. The summed E-state index contributed by atoms with van der Waals surface area (Å²) in [5.41, 5.74) is 36.1. The van der Waals surface area contributed by atoms with E-state index in [-0.39, 0.29) is 28.4 Å². The molecule has 0 atom stereocenters. The van der Waals surface area contributed by atoms with E-state index in [9.17, 15) is 0 Å². The van der Waals surface area contributed by atoms with Crippen molar-refractivity contribution < 1.29 is 0 Å². The Morgan fingerprint density at radius 2 is 0.514 bits per heavy atom. The molecule has 0 N–H and O–H groups in total. The van der Waals surface area contributed by atoms with Gasteiger partial charge in [0.2, 0.25) is 0 Å². The van der Waals surface area contributed by atoms with Crippen molar-refractivity contribution in [2.24, 2.45) is 0 Å². The summed E-state index contributed by atoms with van der Waals surface area (Å²) < 4.78 is 5.06. The smallest absolute Gasteiger partial charge is 0.252 e. The Labute approximate surface area is 654 Å². The quantitative estimate of drug-likeness (QED) is 0.127. The monoisotopic (exact) mass is 1430 g/mol. The summed E-state index contributed by atoms with van der Waals surface area (Å²) in [4.78, 5) is 5.39. The van der Waals surface area contributed by atoms with E-state index in [1.54, 1.807) is 0 Å². The number of fused-ring (bicyclic) bond motifs is 10. The van der Waals surface area contributed by atoms with Crippen LogP contribution in [-0.2, 0) is 21.7 Å². The normalized spacial score (nSPS) is 13.0. The second kappa shape index (κ2) is 26.1. The van der Waals surface area contributed by atoms with E-state index in [0.717, 1.165) is 112 Å². The largest absolute Gasteiger partial charge is 0.310 e. The standard InChI is InChI=1S/C106H91BN4/c1-103(2,3)76-48-55-92-86(63-76)87-64-77(104(4,5)6)49-56-93(87)108(92)80-42-28-41-73(59-80)74-47-53-90-96(60-74)110(101-82(69-33-20-14-21-34-69)43-29-44-83(101)70-35-22-15-23-36-70)98-61-75(68-31-18-13-19-32-68)62-99-100(98)107(90)91-54-52-81(109-94-57-50-78(105(7,8)9)65-88(94)89-66-79(106(10,11)12)51-58-95(89)109)67-97(91)111(99)102-84(71-37-24-16-25-38-71)45-30-46-85(102)72-39-26-17-27-40-72/h13-67H,1-12H3. The third kappa shape index (κ3) is 11.7. The Morgan fingerprint density at radius 1 is 0.216 bits per heavy atom. The lowest BCUT2D eigenvalue weighted by Gasteiger charge is -2.46. The molecule has 111 heavy (non-hydrogen) atoms. The second-order valence-corrected chi connectivity index (χ2v) is 34.9. The molecule has 17 aromatic rings. The lowest BCUT2D eigenvalue weighted by molar-refractivity contribution is 0.590. The predicted molar refractivity (Wildman–Crippen MR) is 477 cm³/mol. The lowest BCUT2D eigenvalue weighted by Crippen LogP contribution is -2.61. The third-order valence-corrected chi connectivity index (χ3v) is 23.7. The fourth-order valence-electron chi connectivity index (χ4n) is 17.8. The maximum Gasteiger partial charge on any atom is 0.252 e. The van der Waals surface area contributed by atoms with Crippen molar-refractivity contribution in [2.45, 2.75) is 105 Å². The average Bonchev–Trinajstić information content (AvgIpc) is 1.29. The number of hydrogen-bond acceptors (Lipinski definition) is 2. The molecule has 538 valence electrons. The Hall–Kier alpha value is -12.4. The fraction of sp³-hybridized carbons (Fsp3) is 0.151. The highest BCUT2D eigenvalue weighted by atomic mass is 15.2. The summed E-state index contributed by atoms with van der Waals surface area (Å²) in [6.45, 7) is 27.7. The molecule has 19 rings (SSSR count). The fourth-order valence-corrected chi connectivity index (χ4v) is 17.8. The van der Waals surface area contributed by atoms with Crippen LogP contribution in [0, 0.1) is 0 Å². The molecular weight excluding hydrogens is 1340 g/mol. The van der Waals surface area contributed by atoms with Crippen molar-refractivity contribution in [3.8, 4) is 78.1 Å². The number of nitrogens with zero attached hydrogens (tertiary/aromatic N) is 4. The van der Waals surface area contributed by atoms with Gasteiger partial charge in [0.05, 0.1) is 33.4 Å². The van der Waals surface area contributed by atoms with Gasteiger partial charge in [-0.2, -0.15) is 0 Å². The molecule has 0 radical (unpaired) electrons. The van der Waals surface area contributed by atoms with Crippen LogP contribution in [0.2, 0.25) is 0 Å². The van der Waals surface area contributed by atoms with E-state index in [1.165, 1.54) is 82.3 Å². The number of hydrogen-bond donors (Lipinski definition) is 0. The molecule has 0 saturated carbocycles. The van der Waals surface area contributed by atoms with Gasteiger partial charge < -0.3 is 18.9 Å². The number of para-hydroxylation sites is 2. The average molecular weight is 1430 g/mol. The zero-order chi connectivity index (χ0) is 76.0. The van der Waals surface area contributed by atoms with Gasteiger partial charge in [0, 0.05) is 77.9 Å². The van der Waals surface area contributed by atoms with Gasteiger partial charge in [-0.1, -0.05) is 326 Å². The van der Waals surface area contributed by atoms with Gasteiger partial charge in [0.15, 0.2) is 0 Å². The van der Waals surface area contributed by atoms with Crippen LogP contribution in [-0.4, -0.2) is 15.8 Å². The van der Waals surface area contributed by atoms with Crippen molar-refractivity contribution in [1.29, 1.82) is 0 Å². The molecule has 4 nitrogen and oxygen atoms in total. The minimum Gasteiger partial charge on any atom is -0.310 e. The number of benzene rings is 15. The summed E-state index contributed by atoms with van der Waals surface area (Å²) >= 11 is 0. The number of rotatable bonds is 10. The third-order valence-electron chi connectivity index (χ3n) is 23.7. The first kappa shape index (κ1) is 69.1. The van der Waals surface area contributed by atoms with E-state index in [0.29, 0.717) is 0 Å². The highest BCUT2D eigenvalue weighted by molar-refractivity contribution is 7.00. The molecule has 0 fully saturated rings. The summed E-state index contributed by atoms with van der Waals surface area (Å²) in [5.74, 6) is 0.